The molecule has 1 amide bonds. The third-order valence-corrected chi connectivity index (χ3v) is 4.23. The van der Waals surface area contributed by atoms with Gasteiger partial charge in [0.05, 0.1) is 11.4 Å². The molecule has 0 spiro atoms. The molecule has 18 heavy (non-hydrogen) atoms. The van der Waals surface area contributed by atoms with E-state index in [2.05, 4.69) is 46.8 Å². The number of hydrogen-bond acceptors (Lipinski definition) is 4. The lowest BCUT2D eigenvalue weighted by molar-refractivity contribution is 0.102. The Bertz CT molecular complexity index is 585. The highest BCUT2D eigenvalue weighted by atomic mass is 79.9. The first-order chi connectivity index (χ1) is 8.61. The zero-order chi connectivity index (χ0) is 13.1. The molecule has 0 aliphatic rings. The Balaban J connectivity index is 2.24. The number of carbonyl (C=O) groups excluding carboxylic acids is 1. The zero-order valence-corrected chi connectivity index (χ0v) is 13.4. The number of carbonyl (C=O) groups is 1. The molecule has 0 bridgehead atoms. The maximum atomic E-state index is 12.1. The van der Waals surface area contributed by atoms with Crippen LogP contribution in [0.2, 0.25) is 0 Å². The van der Waals surface area contributed by atoms with Crippen molar-refractivity contribution in [1.29, 1.82) is 0 Å². The van der Waals surface area contributed by atoms with Crippen LogP contribution in [0.5, 0.6) is 0 Å². The molecule has 94 valence electrons. The number of amides is 1. The van der Waals surface area contributed by atoms with Gasteiger partial charge in [-0.3, -0.25) is 4.79 Å². The summed E-state index contributed by atoms with van der Waals surface area (Å²) in [6.07, 6.45) is 0.693. The van der Waals surface area contributed by atoms with Crippen molar-refractivity contribution in [3.63, 3.8) is 0 Å². The predicted octanol–water partition coefficient (Wildman–Crippen LogP) is 3.88. The molecule has 1 N–H and O–H groups in total. The first-order valence-corrected chi connectivity index (χ1v) is 7.55. The summed E-state index contributed by atoms with van der Waals surface area (Å²) in [4.78, 5) is 12.7. The third kappa shape index (κ3) is 2.96. The molecular formula is C11H9Br2N3OS. The van der Waals surface area contributed by atoms with Crippen LogP contribution in [0.25, 0.3) is 0 Å². The lowest BCUT2D eigenvalue weighted by Gasteiger charge is -2.07. The van der Waals surface area contributed by atoms with Gasteiger partial charge >= 0.3 is 0 Å². The van der Waals surface area contributed by atoms with Crippen LogP contribution in [0.4, 0.5) is 5.69 Å². The van der Waals surface area contributed by atoms with Crippen LogP contribution in [-0.2, 0) is 6.42 Å². The van der Waals surface area contributed by atoms with Gasteiger partial charge in [-0.1, -0.05) is 27.3 Å². The van der Waals surface area contributed by atoms with Crippen LogP contribution in [0, 0.1) is 0 Å². The number of halogens is 2. The van der Waals surface area contributed by atoms with Crippen molar-refractivity contribution in [1.82, 2.24) is 9.59 Å². The second-order valence-electron chi connectivity index (χ2n) is 3.48. The van der Waals surface area contributed by atoms with E-state index in [1.165, 1.54) is 0 Å². The van der Waals surface area contributed by atoms with Gasteiger partial charge in [-0.05, 0) is 52.1 Å². The fourth-order valence-electron chi connectivity index (χ4n) is 1.38. The molecule has 0 aliphatic heterocycles. The molecule has 2 rings (SSSR count). The minimum absolute atomic E-state index is 0.180. The number of rotatable bonds is 3. The van der Waals surface area contributed by atoms with Gasteiger partial charge in [0.2, 0.25) is 0 Å². The van der Waals surface area contributed by atoms with Crippen molar-refractivity contribution in [3.8, 4) is 0 Å². The molecule has 1 heterocycles. The molecule has 2 aromatic rings. The van der Waals surface area contributed by atoms with Crippen molar-refractivity contribution in [2.75, 3.05) is 5.32 Å². The summed E-state index contributed by atoms with van der Waals surface area (Å²) in [5.74, 6) is -0.180. The summed E-state index contributed by atoms with van der Waals surface area (Å²) in [5.41, 5.74) is 1.44. The van der Waals surface area contributed by atoms with Crippen molar-refractivity contribution < 1.29 is 4.79 Å². The first kappa shape index (κ1) is 13.6. The van der Waals surface area contributed by atoms with E-state index in [1.807, 2.05) is 25.1 Å². The maximum absolute atomic E-state index is 12.1. The van der Waals surface area contributed by atoms with E-state index in [9.17, 15) is 4.79 Å². The van der Waals surface area contributed by atoms with Gasteiger partial charge in [-0.25, -0.2) is 0 Å². The summed E-state index contributed by atoms with van der Waals surface area (Å²) in [6, 6.07) is 5.60. The molecule has 0 saturated heterocycles. The molecule has 0 saturated carbocycles. The van der Waals surface area contributed by atoms with Gasteiger partial charge in [0.1, 0.15) is 4.88 Å². The van der Waals surface area contributed by atoms with Gasteiger partial charge in [-0.2, -0.15) is 0 Å². The summed E-state index contributed by atoms with van der Waals surface area (Å²) < 4.78 is 5.54. The van der Waals surface area contributed by atoms with E-state index < -0.39 is 0 Å². The van der Waals surface area contributed by atoms with Gasteiger partial charge in [0.15, 0.2) is 0 Å². The van der Waals surface area contributed by atoms with E-state index in [1.54, 1.807) is 0 Å². The minimum Gasteiger partial charge on any atom is -0.320 e. The summed E-state index contributed by atoms with van der Waals surface area (Å²) in [7, 11) is 0. The molecule has 1 aromatic heterocycles. The first-order valence-electron chi connectivity index (χ1n) is 5.19. The summed E-state index contributed by atoms with van der Waals surface area (Å²) in [5, 5.41) is 6.77. The lowest BCUT2D eigenvalue weighted by atomic mass is 10.2. The van der Waals surface area contributed by atoms with Crippen LogP contribution < -0.4 is 5.32 Å². The average Bonchev–Trinajstić information content (AvgIpc) is 2.82. The number of hydrogen-bond donors (Lipinski definition) is 1. The largest absolute Gasteiger partial charge is 0.320 e. The number of aryl methyl sites for hydroxylation is 1. The molecule has 7 heteroatoms. The van der Waals surface area contributed by atoms with Crippen molar-refractivity contribution in [2.24, 2.45) is 0 Å². The average molecular weight is 391 g/mol. The van der Waals surface area contributed by atoms with Crippen molar-refractivity contribution in [2.45, 2.75) is 13.3 Å². The molecule has 0 fully saturated rings. The molecule has 4 nitrogen and oxygen atoms in total. The number of aromatic nitrogens is 2. The Morgan fingerprint density at radius 2 is 2.22 bits per heavy atom. The summed E-state index contributed by atoms with van der Waals surface area (Å²) in [6.45, 7) is 1.95. The monoisotopic (exact) mass is 389 g/mol. The van der Waals surface area contributed by atoms with Crippen LogP contribution in [0.15, 0.2) is 27.1 Å². The second-order valence-corrected chi connectivity index (χ2v) is 6.00. The number of nitrogens with zero attached hydrogens (tertiary/aromatic N) is 2. The van der Waals surface area contributed by atoms with Gasteiger partial charge < -0.3 is 5.32 Å². The fraction of sp³-hybridized carbons (Fsp3) is 0.182. The molecular weight excluding hydrogens is 382 g/mol. The van der Waals surface area contributed by atoms with Gasteiger partial charge in [0, 0.05) is 8.95 Å². The van der Waals surface area contributed by atoms with E-state index >= 15 is 0 Å². The smallest absolute Gasteiger partial charge is 0.269 e. The molecule has 0 radical (unpaired) electrons. The quantitative estimate of drug-likeness (QED) is 0.865. The Morgan fingerprint density at radius 1 is 1.44 bits per heavy atom. The molecule has 0 atom stereocenters. The topological polar surface area (TPSA) is 54.9 Å². The van der Waals surface area contributed by atoms with Gasteiger partial charge in [0.25, 0.3) is 5.91 Å². The lowest BCUT2D eigenvalue weighted by Crippen LogP contribution is -2.12. The van der Waals surface area contributed by atoms with E-state index in [-0.39, 0.29) is 5.91 Å². The Labute approximate surface area is 125 Å². The Morgan fingerprint density at radius 3 is 2.94 bits per heavy atom. The third-order valence-electron chi connectivity index (χ3n) is 2.27. The van der Waals surface area contributed by atoms with Gasteiger partial charge in [-0.15, -0.1) is 5.10 Å². The zero-order valence-electron chi connectivity index (χ0n) is 9.41. The van der Waals surface area contributed by atoms with Crippen LogP contribution in [0.3, 0.4) is 0 Å². The number of nitrogens with one attached hydrogen (secondary N) is 1. The van der Waals surface area contributed by atoms with Crippen LogP contribution in [0.1, 0.15) is 22.3 Å². The second kappa shape index (κ2) is 5.90. The Hall–Kier alpha value is -0.790. The Kier molecular flexibility index (Phi) is 4.47. The molecule has 0 aliphatic carbocycles. The van der Waals surface area contributed by atoms with E-state index in [4.69, 9.17) is 0 Å². The SMILES string of the molecule is CCc1nnsc1C(=O)Nc1cc(Br)ccc1Br. The van der Waals surface area contributed by atoms with Crippen molar-refractivity contribution >= 4 is 55.0 Å². The standard InChI is InChI=1S/C11H9Br2N3OS/c1-2-8-10(18-16-15-8)11(17)14-9-5-6(12)3-4-7(9)13/h3-5H,2H2,1H3,(H,14,17). The highest BCUT2D eigenvalue weighted by Gasteiger charge is 2.16. The minimum atomic E-state index is -0.180. The van der Waals surface area contributed by atoms with Crippen molar-refractivity contribution in [3.05, 3.63) is 37.7 Å². The highest BCUT2D eigenvalue weighted by molar-refractivity contribution is 9.11. The van der Waals surface area contributed by atoms with E-state index in [0.717, 1.165) is 26.2 Å². The normalized spacial score (nSPS) is 10.4. The van der Waals surface area contributed by atoms with Crippen LogP contribution >= 0.6 is 43.4 Å². The van der Waals surface area contributed by atoms with E-state index in [0.29, 0.717) is 17.0 Å². The summed E-state index contributed by atoms with van der Waals surface area (Å²) >= 11 is 7.87. The number of anilines is 1. The maximum Gasteiger partial charge on any atom is 0.269 e. The molecule has 1 aromatic carbocycles. The predicted molar refractivity (Wildman–Crippen MR) is 79.1 cm³/mol. The molecule has 0 unspecified atom stereocenters. The fourth-order valence-corrected chi connectivity index (χ4v) is 2.74. The van der Waals surface area contributed by atoms with Crippen LogP contribution in [-0.4, -0.2) is 15.5 Å². The number of benzene rings is 1. The highest BCUT2D eigenvalue weighted by Crippen LogP contribution is 2.27.